The van der Waals surface area contributed by atoms with Gasteiger partial charge in [-0.1, -0.05) is 143 Å². The molecule has 0 saturated heterocycles. The number of aromatic nitrogens is 2. The summed E-state index contributed by atoms with van der Waals surface area (Å²) in [5, 5.41) is 6.01. The van der Waals surface area contributed by atoms with Gasteiger partial charge in [0.1, 0.15) is 5.82 Å². The number of hydrogen-bond donors (Lipinski definition) is 1. The number of benzene rings is 6. The molecule has 1 N–H and O–H groups in total. The molecule has 5 nitrogen and oxygen atoms in total. The normalized spacial score (nSPS) is 12.3. The van der Waals surface area contributed by atoms with E-state index in [4.69, 9.17) is 9.72 Å². The van der Waals surface area contributed by atoms with Gasteiger partial charge in [-0.05, 0) is 103 Å². The van der Waals surface area contributed by atoms with Crippen LogP contribution in [-0.4, -0.2) is 9.55 Å². The topological polar surface area (TPSA) is 42.3 Å². The third-order valence-corrected chi connectivity index (χ3v) is 12.0. The molecule has 0 aliphatic heterocycles. The summed E-state index contributed by atoms with van der Waals surface area (Å²) in [5.41, 5.74) is 12.8. The van der Waals surface area contributed by atoms with E-state index in [1.54, 1.807) is 0 Å². The van der Waals surface area contributed by atoms with Gasteiger partial charge in [0.2, 0.25) is 0 Å². The molecular formula is C58H61N4OPt-3. The number of nitrogens with one attached hydrogen (secondary N) is 1. The number of fused-ring (bicyclic) bond motifs is 3. The van der Waals surface area contributed by atoms with Gasteiger partial charge >= 0.3 is 0 Å². The number of nitrogens with zero attached hydrogens (tertiary/aromatic N) is 3. The summed E-state index contributed by atoms with van der Waals surface area (Å²) >= 11 is 0. The monoisotopic (exact) mass is 1020 g/mol. The Kier molecular flexibility index (Phi) is 12.6. The Labute approximate surface area is 396 Å². The van der Waals surface area contributed by atoms with Crippen molar-refractivity contribution in [2.45, 2.75) is 105 Å². The smallest absolute Gasteiger partial charge is 0.135 e. The molecule has 64 heavy (non-hydrogen) atoms. The third-order valence-electron chi connectivity index (χ3n) is 12.0. The van der Waals surface area contributed by atoms with E-state index < -0.39 is 0 Å². The minimum absolute atomic E-state index is 0. The zero-order chi connectivity index (χ0) is 45.1. The Balaban J connectivity index is 0.00000612. The first-order chi connectivity index (χ1) is 29.6. The largest absolute Gasteiger partial charge is 0.516 e. The van der Waals surface area contributed by atoms with Gasteiger partial charge in [0.05, 0.1) is 5.69 Å². The summed E-state index contributed by atoms with van der Waals surface area (Å²) in [6.07, 6.45) is 1.90. The van der Waals surface area contributed by atoms with Crippen LogP contribution in [0.4, 0.5) is 22.7 Å². The Morgan fingerprint density at radius 2 is 1.20 bits per heavy atom. The predicted molar refractivity (Wildman–Crippen MR) is 267 cm³/mol. The van der Waals surface area contributed by atoms with E-state index in [0.29, 0.717) is 11.5 Å². The maximum absolute atomic E-state index is 6.65. The van der Waals surface area contributed by atoms with Crippen molar-refractivity contribution in [3.63, 3.8) is 0 Å². The Morgan fingerprint density at radius 3 is 1.86 bits per heavy atom. The molecule has 0 atom stereocenters. The molecule has 0 aliphatic carbocycles. The first-order valence-electron chi connectivity index (χ1n) is 22.0. The Bertz CT molecular complexity index is 2920. The molecule has 0 radical (unpaired) electrons. The number of anilines is 4. The number of ether oxygens (including phenoxy) is 1. The number of rotatable bonds is 8. The van der Waals surface area contributed by atoms with Crippen LogP contribution in [0.2, 0.25) is 0 Å². The SMILES string of the molecule is [CH2-]N(c1[c-]c(Oc2[c-]c3c(cc2)c2cc(-c4ccccc4)ccc2n3-c2cc(C(C)(C)C)ccn2)ccc1)c1cc(C(C)(C)C)ccc1Nc1cc(C(C)(C)C)cc(C(C)(C)C)c1.[Pt]. The fourth-order valence-corrected chi connectivity index (χ4v) is 7.99. The molecule has 0 aliphatic rings. The van der Waals surface area contributed by atoms with E-state index >= 15 is 0 Å². The minimum atomic E-state index is -0.0714. The molecule has 0 saturated carbocycles. The van der Waals surface area contributed by atoms with E-state index in [1.807, 2.05) is 35.4 Å². The molecule has 8 rings (SSSR count). The molecular weight excluding hydrogens is 964 g/mol. The molecule has 8 aromatic rings. The van der Waals surface area contributed by atoms with Crippen molar-refractivity contribution in [1.82, 2.24) is 9.55 Å². The van der Waals surface area contributed by atoms with Crippen LogP contribution in [0.15, 0.2) is 134 Å². The van der Waals surface area contributed by atoms with Gasteiger partial charge in [0.15, 0.2) is 0 Å². The van der Waals surface area contributed by atoms with Crippen LogP contribution in [0.3, 0.4) is 0 Å². The second kappa shape index (κ2) is 17.4. The molecule has 2 heterocycles. The average molecular weight is 1030 g/mol. The van der Waals surface area contributed by atoms with E-state index in [9.17, 15) is 0 Å². The van der Waals surface area contributed by atoms with Gasteiger partial charge < -0.3 is 19.5 Å². The van der Waals surface area contributed by atoms with E-state index in [-0.39, 0.29) is 42.7 Å². The third kappa shape index (κ3) is 9.71. The van der Waals surface area contributed by atoms with Crippen LogP contribution < -0.4 is 15.0 Å². The fourth-order valence-electron chi connectivity index (χ4n) is 7.99. The molecule has 0 amide bonds. The van der Waals surface area contributed by atoms with Crippen molar-refractivity contribution in [3.8, 4) is 28.4 Å². The standard InChI is InChI=1S/C58H61N4O.Pt/c1-55(2,3)40-23-26-50(60-44-32-42(57(7,8)9)31-43(33-44)58(10,11)12)53(34-40)61(13)45-20-17-21-46(36-45)63-47-24-25-48-49-30-39(38-18-15-14-16-19-38)22-27-51(49)62(52(48)37-47)54-35-41(28-29-59-54)56(4,5)6;/h14-35,60H,13H2,1-12H3;/q-3;. The first-order valence-corrected chi connectivity index (χ1v) is 22.0. The number of pyridine rings is 1. The molecule has 332 valence electrons. The van der Waals surface area contributed by atoms with Crippen molar-refractivity contribution in [1.29, 1.82) is 0 Å². The van der Waals surface area contributed by atoms with Gasteiger partial charge in [0, 0.05) is 55.7 Å². The molecule has 0 unspecified atom stereocenters. The first kappa shape index (κ1) is 46.4. The molecule has 0 spiro atoms. The quantitative estimate of drug-likeness (QED) is 0.154. The van der Waals surface area contributed by atoms with E-state index in [0.717, 1.165) is 55.9 Å². The zero-order valence-electron chi connectivity index (χ0n) is 39.5. The van der Waals surface area contributed by atoms with Gasteiger partial charge in [-0.15, -0.1) is 41.4 Å². The van der Waals surface area contributed by atoms with E-state index in [1.165, 1.54) is 27.8 Å². The van der Waals surface area contributed by atoms with Crippen LogP contribution in [0.25, 0.3) is 38.8 Å². The molecule has 6 aromatic carbocycles. The van der Waals surface area contributed by atoms with E-state index in [2.05, 4.69) is 215 Å². The molecule has 6 heteroatoms. The van der Waals surface area contributed by atoms with Crippen molar-refractivity contribution in [2.24, 2.45) is 0 Å². The van der Waals surface area contributed by atoms with Crippen molar-refractivity contribution in [2.75, 3.05) is 10.2 Å². The van der Waals surface area contributed by atoms with Crippen LogP contribution in [0.5, 0.6) is 11.5 Å². The maximum atomic E-state index is 6.65. The zero-order valence-corrected chi connectivity index (χ0v) is 41.7. The van der Waals surface area contributed by atoms with Gasteiger partial charge in [-0.3, -0.25) is 7.05 Å². The predicted octanol–water partition coefficient (Wildman–Crippen LogP) is 16.1. The van der Waals surface area contributed by atoms with Gasteiger partial charge in [-0.2, -0.15) is 12.1 Å². The molecule has 0 fully saturated rings. The fraction of sp³-hybridized carbons (Fsp3) is 0.276. The molecule has 0 bridgehead atoms. The van der Waals surface area contributed by atoms with Crippen LogP contribution in [0.1, 0.15) is 105 Å². The summed E-state index contributed by atoms with van der Waals surface area (Å²) < 4.78 is 8.86. The summed E-state index contributed by atoms with van der Waals surface area (Å²) in [6.45, 7) is 27.0. The van der Waals surface area contributed by atoms with Crippen LogP contribution in [0, 0.1) is 19.2 Å². The van der Waals surface area contributed by atoms with Crippen molar-refractivity contribution >= 4 is 44.6 Å². The van der Waals surface area contributed by atoms with Crippen molar-refractivity contribution in [3.05, 3.63) is 175 Å². The maximum Gasteiger partial charge on any atom is 0.135 e. The molecule has 2 aromatic heterocycles. The van der Waals surface area contributed by atoms with Crippen LogP contribution in [-0.2, 0) is 42.7 Å². The van der Waals surface area contributed by atoms with Gasteiger partial charge in [-0.25, -0.2) is 4.98 Å². The van der Waals surface area contributed by atoms with Crippen molar-refractivity contribution < 1.29 is 25.8 Å². The summed E-state index contributed by atoms with van der Waals surface area (Å²) in [4.78, 5) is 6.86. The summed E-state index contributed by atoms with van der Waals surface area (Å²) in [6, 6.07) is 52.3. The van der Waals surface area contributed by atoms with Crippen LogP contribution >= 0.6 is 0 Å². The summed E-state index contributed by atoms with van der Waals surface area (Å²) in [5.74, 6) is 1.98. The Morgan fingerprint density at radius 1 is 0.562 bits per heavy atom. The van der Waals surface area contributed by atoms with Gasteiger partial charge in [0.25, 0.3) is 0 Å². The second-order valence-corrected chi connectivity index (χ2v) is 21.0. The summed E-state index contributed by atoms with van der Waals surface area (Å²) in [7, 11) is 4.62. The second-order valence-electron chi connectivity index (χ2n) is 21.0. The average Bonchev–Trinajstić information content (AvgIpc) is 3.55. The Hall–Kier alpha value is -5.64. The minimum Gasteiger partial charge on any atom is -0.516 e. The number of hydrogen-bond acceptors (Lipinski definition) is 4.